The smallest absolute Gasteiger partial charge is 1.00 e. The van der Waals surface area contributed by atoms with Crippen molar-refractivity contribution in [1.29, 1.82) is 0 Å². The maximum Gasteiger partial charge on any atom is 1.00 e. The van der Waals surface area contributed by atoms with Gasteiger partial charge in [0.05, 0.1) is 23.0 Å². The number of phenols is 1. The van der Waals surface area contributed by atoms with E-state index in [9.17, 15) is 23.1 Å². The third kappa shape index (κ3) is 5.23. The van der Waals surface area contributed by atoms with Gasteiger partial charge in [0.1, 0.15) is 29.2 Å². The predicted molar refractivity (Wildman–Crippen MR) is 104 cm³/mol. The maximum atomic E-state index is 14.2. The van der Waals surface area contributed by atoms with Crippen molar-refractivity contribution in [2.75, 3.05) is 11.9 Å². The number of hydrogen-bond acceptors (Lipinski definition) is 7. The van der Waals surface area contributed by atoms with Crippen LogP contribution in [0.15, 0.2) is 36.7 Å². The van der Waals surface area contributed by atoms with Crippen LogP contribution < -0.4 is 53.9 Å². The molecule has 0 atom stereocenters. The fourth-order valence-electron chi connectivity index (χ4n) is 3.71. The number of hydrogen-bond donors (Lipinski definition) is 3. The molecule has 13 heteroatoms. The molecule has 0 unspecified atom stereocenters. The van der Waals surface area contributed by atoms with E-state index in [2.05, 4.69) is 25.5 Å². The maximum absolute atomic E-state index is 14.2. The molecule has 1 aliphatic carbocycles. The first kappa shape index (κ1) is 26.8. The van der Waals surface area contributed by atoms with Crippen molar-refractivity contribution in [3.05, 3.63) is 59.6 Å². The zero-order valence-electron chi connectivity index (χ0n) is 17.4. The molecule has 2 heterocycles. The molecule has 0 spiro atoms. The number of aromatic nitrogens is 4. The van der Waals surface area contributed by atoms with Gasteiger partial charge in [-0.2, -0.15) is 0 Å². The Kier molecular flexibility index (Phi) is 8.67. The average Bonchev–Trinajstić information content (AvgIpc) is 2.71. The van der Waals surface area contributed by atoms with E-state index in [-0.39, 0.29) is 90.7 Å². The molecule has 1 amide bonds. The second kappa shape index (κ2) is 10.7. The fourth-order valence-corrected chi connectivity index (χ4v) is 3.71. The van der Waals surface area contributed by atoms with Crippen LogP contribution in [-0.2, 0) is 5.41 Å². The summed E-state index contributed by atoms with van der Waals surface area (Å²) in [6.45, 7) is 0.110. The molecule has 4 rings (SSSR count). The molecule has 1 saturated carbocycles. The number of nitrogens with zero attached hydrogens (tertiary/aromatic N) is 4. The van der Waals surface area contributed by atoms with Gasteiger partial charge in [0.25, 0.3) is 5.91 Å². The van der Waals surface area contributed by atoms with Crippen LogP contribution in [-0.4, -0.2) is 43.9 Å². The quantitative estimate of drug-likeness (QED) is 0.210. The third-order valence-corrected chi connectivity index (χ3v) is 5.28. The second-order valence-electron chi connectivity index (χ2n) is 7.32. The molecule has 0 aliphatic heterocycles. The van der Waals surface area contributed by atoms with Crippen LogP contribution in [0, 0.1) is 11.6 Å². The number of primary amides is 1. The molecule has 33 heavy (non-hydrogen) atoms. The summed E-state index contributed by atoms with van der Waals surface area (Å²) in [6.07, 6.45) is 1.72. The van der Waals surface area contributed by atoms with Crippen LogP contribution in [0.25, 0.3) is 11.3 Å². The summed E-state index contributed by atoms with van der Waals surface area (Å²) < 4.78 is 42.1. The van der Waals surface area contributed by atoms with E-state index >= 15 is 0 Å². The average molecular weight is 564 g/mol. The monoisotopic (exact) mass is 564 g/mol. The number of alkyl halides is 1. The molecule has 2 aromatic heterocycles. The minimum Gasteiger partial charge on any atom is -1.00 e. The number of benzene rings is 1. The largest absolute Gasteiger partial charge is 1.00 e. The zero-order valence-corrected chi connectivity index (χ0v) is 19.6. The molecular formula is C20H17F3ILiN6O2. The molecule has 1 aromatic carbocycles. The van der Waals surface area contributed by atoms with Crippen LogP contribution in [0.5, 0.6) is 5.75 Å². The Bertz CT molecular complexity index is 1150. The van der Waals surface area contributed by atoms with Gasteiger partial charge < -0.3 is 40.1 Å². The molecular weight excluding hydrogens is 547 g/mol. The van der Waals surface area contributed by atoms with E-state index in [1.165, 1.54) is 18.3 Å². The van der Waals surface area contributed by atoms with E-state index in [1.807, 2.05) is 0 Å². The Hall–Kier alpha value is -2.43. The van der Waals surface area contributed by atoms with Gasteiger partial charge in [0.2, 0.25) is 5.95 Å². The van der Waals surface area contributed by atoms with Gasteiger partial charge in [-0.15, -0.1) is 10.2 Å². The number of carbonyl (C=O) groups is 1. The molecule has 4 N–H and O–H groups in total. The zero-order chi connectivity index (χ0) is 22.2. The van der Waals surface area contributed by atoms with Crippen LogP contribution in [0.2, 0.25) is 0 Å². The van der Waals surface area contributed by atoms with Crippen LogP contribution >= 0.6 is 0 Å². The number of amides is 1. The molecule has 3 aromatic rings. The predicted octanol–water partition coefficient (Wildman–Crippen LogP) is -3.49. The first-order valence-corrected chi connectivity index (χ1v) is 9.31. The number of halogens is 4. The molecule has 1 fully saturated rings. The number of nitrogens with two attached hydrogens (primary N) is 1. The van der Waals surface area contributed by atoms with Gasteiger partial charge in [0, 0.05) is 18.2 Å². The van der Waals surface area contributed by atoms with E-state index in [0.29, 0.717) is 0 Å². The molecule has 168 valence electrons. The summed E-state index contributed by atoms with van der Waals surface area (Å²) in [6, 6.07) is 4.75. The van der Waals surface area contributed by atoms with Gasteiger partial charge in [-0.25, -0.2) is 18.2 Å². The van der Waals surface area contributed by atoms with Crippen molar-refractivity contribution < 1.29 is 65.9 Å². The summed E-state index contributed by atoms with van der Waals surface area (Å²) >= 11 is 0. The van der Waals surface area contributed by atoms with Gasteiger partial charge in [0.15, 0.2) is 0 Å². The van der Waals surface area contributed by atoms with Gasteiger partial charge in [-0.1, -0.05) is 0 Å². The summed E-state index contributed by atoms with van der Waals surface area (Å²) in [5.41, 5.74) is 3.71. The van der Waals surface area contributed by atoms with E-state index < -0.39 is 34.9 Å². The Labute approximate surface area is 215 Å². The van der Waals surface area contributed by atoms with Crippen LogP contribution in [0.3, 0.4) is 0 Å². The van der Waals surface area contributed by atoms with Crippen molar-refractivity contribution in [2.24, 2.45) is 5.73 Å². The summed E-state index contributed by atoms with van der Waals surface area (Å²) in [4.78, 5) is 19.5. The second-order valence-corrected chi connectivity index (χ2v) is 7.32. The first-order valence-electron chi connectivity index (χ1n) is 9.31. The van der Waals surface area contributed by atoms with Gasteiger partial charge >= 0.3 is 18.9 Å². The fraction of sp³-hybridized carbons (Fsp3) is 0.250. The number of pyridine rings is 1. The van der Waals surface area contributed by atoms with E-state index in [1.54, 1.807) is 0 Å². The number of nitrogens with one attached hydrogen (secondary N) is 1. The third-order valence-electron chi connectivity index (χ3n) is 5.28. The molecule has 8 nitrogen and oxygen atoms in total. The molecule has 0 bridgehead atoms. The van der Waals surface area contributed by atoms with Crippen LogP contribution in [0.1, 0.15) is 28.9 Å². The van der Waals surface area contributed by atoms with E-state index in [0.717, 1.165) is 18.3 Å². The van der Waals surface area contributed by atoms with Crippen molar-refractivity contribution in [2.45, 2.75) is 24.4 Å². The van der Waals surface area contributed by atoms with Crippen molar-refractivity contribution in [3.63, 3.8) is 0 Å². The summed E-state index contributed by atoms with van der Waals surface area (Å²) in [5.74, 6) is -2.93. The molecule has 1 aliphatic rings. The van der Waals surface area contributed by atoms with E-state index in [4.69, 9.17) is 5.73 Å². The number of aromatic hydroxyl groups is 1. The van der Waals surface area contributed by atoms with Crippen LogP contribution in [0.4, 0.5) is 19.1 Å². The molecule has 0 saturated heterocycles. The molecule has 0 radical (unpaired) electrons. The first-order chi connectivity index (χ1) is 14.8. The minimum absolute atomic E-state index is 0. The van der Waals surface area contributed by atoms with Gasteiger partial charge in [-0.05, 0) is 37.1 Å². The Morgan fingerprint density at radius 2 is 1.91 bits per heavy atom. The Balaban J connectivity index is 0.00000193. The standard InChI is InChI=1S/C20H17F3N6O2.HI.Li/c21-10-6-20(7-10,17-13(23)2-1-5-25-17)9-27-19-26-8-14(28-29-19)15-12(22)4-3-11(16(15)30)18(24)31;;/h1-5,8,10,30H,6-7,9H2,(H2,24,31)(H,26,27,29);1H;/q;;+1/p-1. The number of carbonyl (C=O) groups excluding carboxylic acids is 1. The van der Waals surface area contributed by atoms with Crippen molar-refractivity contribution in [3.8, 4) is 17.0 Å². The normalized spacial score (nSPS) is 18.9. The van der Waals surface area contributed by atoms with Gasteiger partial charge in [-0.3, -0.25) is 9.78 Å². The number of rotatable bonds is 6. The van der Waals surface area contributed by atoms with Crippen molar-refractivity contribution >= 4 is 11.9 Å². The SMILES string of the molecule is NC(=O)c1ccc(F)c(-c2cnc(NCC3(c4ncccc4F)CC(F)C3)nn2)c1O.[I-].[Li+]. The topological polar surface area (TPSA) is 127 Å². The summed E-state index contributed by atoms with van der Waals surface area (Å²) in [7, 11) is 0. The summed E-state index contributed by atoms with van der Waals surface area (Å²) in [5, 5.41) is 20.7. The Morgan fingerprint density at radius 3 is 2.48 bits per heavy atom. The minimum atomic E-state index is -1.06. The van der Waals surface area contributed by atoms with Crippen molar-refractivity contribution in [1.82, 2.24) is 20.2 Å². The number of anilines is 1. The Morgan fingerprint density at radius 1 is 1.18 bits per heavy atom.